The van der Waals surface area contributed by atoms with Gasteiger partial charge in [-0.2, -0.15) is 0 Å². The predicted octanol–water partition coefficient (Wildman–Crippen LogP) is 2.71. The molecule has 82 valence electrons. The van der Waals surface area contributed by atoms with Gasteiger partial charge in [-0.3, -0.25) is 4.98 Å². The summed E-state index contributed by atoms with van der Waals surface area (Å²) in [7, 11) is 1.02. The Bertz CT molecular complexity index is 398. The fourth-order valence-electron chi connectivity index (χ4n) is 0.922. The van der Waals surface area contributed by atoms with E-state index in [2.05, 4.69) is 25.7 Å². The molecule has 7 heteroatoms. The van der Waals surface area contributed by atoms with Crippen molar-refractivity contribution in [2.24, 2.45) is 0 Å². The maximum absolute atomic E-state index is 13.3. The molecule has 1 aromatic heterocycles. The Morgan fingerprint density at radius 2 is 2.20 bits per heavy atom. The first-order valence-electron chi connectivity index (χ1n) is 3.69. The molecule has 0 aliphatic carbocycles. The van der Waals surface area contributed by atoms with Gasteiger partial charge in [0.1, 0.15) is 11.3 Å². The number of ether oxygens (including phenoxy) is 1. The molecule has 0 saturated heterocycles. The molecule has 0 radical (unpaired) electrons. The molecule has 1 rings (SSSR count). The number of alkyl halides is 2. The highest BCUT2D eigenvalue weighted by atomic mass is 79.9. The van der Waals surface area contributed by atoms with Crippen molar-refractivity contribution >= 4 is 21.9 Å². The van der Waals surface area contributed by atoms with E-state index < -0.39 is 29.5 Å². The monoisotopic (exact) mass is 283 g/mol. The Morgan fingerprint density at radius 3 is 2.67 bits per heavy atom. The van der Waals surface area contributed by atoms with Crippen LogP contribution in [0.1, 0.15) is 22.5 Å². The third-order valence-corrected chi connectivity index (χ3v) is 2.20. The summed E-state index contributed by atoms with van der Waals surface area (Å²) in [6.07, 6.45) is -2.15. The number of rotatable bonds is 2. The summed E-state index contributed by atoms with van der Waals surface area (Å²) in [5.74, 6) is -2.41. The minimum absolute atomic E-state index is 0.0312. The number of hydrogen-bond donors (Lipinski definition) is 0. The van der Waals surface area contributed by atoms with Crippen molar-refractivity contribution < 1.29 is 22.7 Å². The van der Waals surface area contributed by atoms with E-state index in [1.165, 1.54) is 0 Å². The van der Waals surface area contributed by atoms with E-state index in [0.717, 1.165) is 13.3 Å². The molecule has 0 aliphatic heterocycles. The molecule has 3 nitrogen and oxygen atoms in total. The lowest BCUT2D eigenvalue weighted by molar-refractivity contribution is 0.0592. The fourth-order valence-corrected chi connectivity index (χ4v) is 1.36. The standard InChI is InChI=1S/C8H5BrF3NO2/c1-15-8(14)4-3(9)2-13-6(5(4)10)7(11)12/h2,7H,1H3. The average Bonchev–Trinajstić information content (AvgIpc) is 2.16. The zero-order chi connectivity index (χ0) is 11.6. The third-order valence-electron chi connectivity index (χ3n) is 1.60. The summed E-state index contributed by atoms with van der Waals surface area (Å²) >= 11 is 2.82. The van der Waals surface area contributed by atoms with Crippen LogP contribution in [0.5, 0.6) is 0 Å². The van der Waals surface area contributed by atoms with E-state index >= 15 is 0 Å². The summed E-state index contributed by atoms with van der Waals surface area (Å²) in [5.41, 5.74) is -1.65. The topological polar surface area (TPSA) is 39.2 Å². The van der Waals surface area contributed by atoms with Gasteiger partial charge < -0.3 is 4.74 Å². The zero-order valence-electron chi connectivity index (χ0n) is 7.43. The van der Waals surface area contributed by atoms with Gasteiger partial charge in [-0.15, -0.1) is 0 Å². The molecule has 0 spiro atoms. The number of carbonyl (C=O) groups excluding carboxylic acids is 1. The van der Waals surface area contributed by atoms with Crippen LogP contribution in [0.4, 0.5) is 13.2 Å². The Morgan fingerprint density at radius 1 is 1.60 bits per heavy atom. The molecule has 0 fully saturated rings. The number of nitrogens with zero attached hydrogens (tertiary/aromatic N) is 1. The van der Waals surface area contributed by atoms with Crippen molar-refractivity contribution in [3.05, 3.63) is 27.7 Å². The number of aromatic nitrogens is 1. The first-order valence-corrected chi connectivity index (χ1v) is 4.48. The summed E-state index contributed by atoms with van der Waals surface area (Å²) in [4.78, 5) is 14.2. The van der Waals surface area contributed by atoms with Crippen LogP contribution in [0.2, 0.25) is 0 Å². The maximum Gasteiger partial charge on any atom is 0.342 e. The van der Waals surface area contributed by atoms with Crippen LogP contribution in [0.25, 0.3) is 0 Å². The minimum Gasteiger partial charge on any atom is -0.465 e. The van der Waals surface area contributed by atoms with E-state index in [1.54, 1.807) is 0 Å². The molecular formula is C8H5BrF3NO2. The van der Waals surface area contributed by atoms with Crippen molar-refractivity contribution in [2.45, 2.75) is 6.43 Å². The Kier molecular flexibility index (Phi) is 3.67. The van der Waals surface area contributed by atoms with Crippen molar-refractivity contribution in [3.63, 3.8) is 0 Å². The minimum atomic E-state index is -3.08. The number of methoxy groups -OCH3 is 1. The molecule has 0 atom stereocenters. The highest BCUT2D eigenvalue weighted by Crippen LogP contribution is 2.27. The van der Waals surface area contributed by atoms with Crippen molar-refractivity contribution in [1.82, 2.24) is 4.98 Å². The Hall–Kier alpha value is -1.11. The van der Waals surface area contributed by atoms with Gasteiger partial charge >= 0.3 is 5.97 Å². The number of halogens is 4. The van der Waals surface area contributed by atoms with Gasteiger partial charge in [-0.1, -0.05) is 0 Å². The first kappa shape index (κ1) is 12.0. The second-order valence-corrected chi connectivity index (χ2v) is 3.33. The third kappa shape index (κ3) is 2.28. The van der Waals surface area contributed by atoms with Crippen molar-refractivity contribution in [2.75, 3.05) is 7.11 Å². The van der Waals surface area contributed by atoms with E-state index in [0.29, 0.717) is 0 Å². The molecule has 0 unspecified atom stereocenters. The van der Waals surface area contributed by atoms with Crippen LogP contribution in [0, 0.1) is 5.82 Å². The van der Waals surface area contributed by atoms with Crippen LogP contribution in [-0.2, 0) is 4.74 Å². The molecule has 0 aliphatic rings. The highest BCUT2D eigenvalue weighted by molar-refractivity contribution is 9.10. The second-order valence-electron chi connectivity index (χ2n) is 2.47. The second kappa shape index (κ2) is 4.61. The van der Waals surface area contributed by atoms with E-state index in [-0.39, 0.29) is 4.47 Å². The smallest absolute Gasteiger partial charge is 0.342 e. The molecule has 0 aromatic carbocycles. The largest absolute Gasteiger partial charge is 0.465 e. The number of hydrogen-bond acceptors (Lipinski definition) is 3. The maximum atomic E-state index is 13.3. The van der Waals surface area contributed by atoms with Gasteiger partial charge in [0.25, 0.3) is 6.43 Å². The van der Waals surface area contributed by atoms with Crippen LogP contribution in [0.15, 0.2) is 10.7 Å². The van der Waals surface area contributed by atoms with Crippen LogP contribution < -0.4 is 0 Å². The van der Waals surface area contributed by atoms with Gasteiger partial charge in [-0.05, 0) is 15.9 Å². The normalized spacial score (nSPS) is 10.5. The van der Waals surface area contributed by atoms with Gasteiger partial charge in [0.05, 0.1) is 11.6 Å². The molecule has 15 heavy (non-hydrogen) atoms. The van der Waals surface area contributed by atoms with Gasteiger partial charge in [0.2, 0.25) is 0 Å². The SMILES string of the molecule is COC(=O)c1c(Br)cnc(C(F)F)c1F. The quantitative estimate of drug-likeness (QED) is 0.784. The summed E-state index contributed by atoms with van der Waals surface area (Å²) in [5, 5.41) is 0. The number of carbonyl (C=O) groups is 1. The number of esters is 1. The van der Waals surface area contributed by atoms with Crippen LogP contribution in [0.3, 0.4) is 0 Å². The zero-order valence-corrected chi connectivity index (χ0v) is 9.02. The predicted molar refractivity (Wildman–Crippen MR) is 48.2 cm³/mol. The Labute approximate surface area is 91.4 Å². The molecule has 1 aromatic rings. The molecular weight excluding hydrogens is 279 g/mol. The fraction of sp³-hybridized carbons (Fsp3) is 0.250. The molecule has 0 bridgehead atoms. The lowest BCUT2D eigenvalue weighted by atomic mass is 10.2. The molecule has 0 N–H and O–H groups in total. The van der Waals surface area contributed by atoms with Crippen molar-refractivity contribution in [1.29, 1.82) is 0 Å². The Balaban J connectivity index is 3.36. The summed E-state index contributed by atoms with van der Waals surface area (Å²) in [6.45, 7) is 0. The average molecular weight is 284 g/mol. The summed E-state index contributed by atoms with van der Waals surface area (Å²) in [6, 6.07) is 0. The van der Waals surface area contributed by atoms with Gasteiger partial charge in [0, 0.05) is 6.20 Å². The molecule has 0 saturated carbocycles. The van der Waals surface area contributed by atoms with Gasteiger partial charge in [0.15, 0.2) is 5.82 Å². The van der Waals surface area contributed by atoms with E-state index in [1.807, 2.05) is 0 Å². The van der Waals surface area contributed by atoms with Crippen molar-refractivity contribution in [3.8, 4) is 0 Å². The lowest BCUT2D eigenvalue weighted by Gasteiger charge is -2.07. The van der Waals surface area contributed by atoms with Crippen LogP contribution in [-0.4, -0.2) is 18.1 Å². The highest BCUT2D eigenvalue weighted by Gasteiger charge is 2.24. The van der Waals surface area contributed by atoms with Crippen LogP contribution >= 0.6 is 15.9 Å². The first-order chi connectivity index (χ1) is 6.99. The van der Waals surface area contributed by atoms with E-state index in [4.69, 9.17) is 0 Å². The van der Waals surface area contributed by atoms with E-state index in [9.17, 15) is 18.0 Å². The molecule has 0 amide bonds. The number of pyridine rings is 1. The lowest BCUT2D eigenvalue weighted by Crippen LogP contribution is -2.09. The molecule has 1 heterocycles. The summed E-state index contributed by atoms with van der Waals surface area (Å²) < 4.78 is 42.0. The van der Waals surface area contributed by atoms with Gasteiger partial charge in [-0.25, -0.2) is 18.0 Å².